The molecule has 0 unspecified atom stereocenters. The number of nitrogens with one attached hydrogen (secondary N) is 1. The van der Waals surface area contributed by atoms with Gasteiger partial charge in [-0.05, 0) is 19.1 Å². The van der Waals surface area contributed by atoms with Crippen LogP contribution in [0.2, 0.25) is 0 Å². The number of nitrogen functional groups attached to an aromatic ring is 1. The average molecular weight is 237 g/mol. The molecule has 0 fully saturated rings. The van der Waals surface area contributed by atoms with Crippen molar-refractivity contribution < 1.29 is 9.47 Å². The first-order valence-electron chi connectivity index (χ1n) is 5.40. The number of ether oxygens (including phenoxy) is 2. The van der Waals surface area contributed by atoms with Crippen LogP contribution < -0.4 is 15.8 Å². The number of nitrogens with two attached hydrogens (primary N) is 1. The van der Waals surface area contributed by atoms with E-state index in [0.717, 1.165) is 11.4 Å². The van der Waals surface area contributed by atoms with Crippen LogP contribution in [0.3, 0.4) is 0 Å². The number of anilines is 2. The fourth-order valence-electron chi connectivity index (χ4n) is 1.21. The van der Waals surface area contributed by atoms with Crippen LogP contribution >= 0.6 is 0 Å². The summed E-state index contributed by atoms with van der Waals surface area (Å²) in [5, 5.41) is 3.12. The molecule has 0 spiro atoms. The summed E-state index contributed by atoms with van der Waals surface area (Å²) in [6, 6.07) is 3.56. The summed E-state index contributed by atoms with van der Waals surface area (Å²) in [6.45, 7) is 7.54. The van der Waals surface area contributed by atoms with Crippen molar-refractivity contribution in [2.24, 2.45) is 0 Å². The SMILES string of the molecule is C=C(C)COCCNc1ccc(N)c(OC)n1. The van der Waals surface area contributed by atoms with Crippen LogP contribution in [0, 0.1) is 0 Å². The van der Waals surface area contributed by atoms with Crippen molar-refractivity contribution in [3.63, 3.8) is 0 Å². The van der Waals surface area contributed by atoms with E-state index >= 15 is 0 Å². The molecule has 0 aliphatic rings. The molecule has 17 heavy (non-hydrogen) atoms. The van der Waals surface area contributed by atoms with Crippen LogP contribution in [0.25, 0.3) is 0 Å². The Morgan fingerprint density at radius 2 is 2.29 bits per heavy atom. The van der Waals surface area contributed by atoms with E-state index < -0.39 is 0 Å². The average Bonchev–Trinajstić information content (AvgIpc) is 2.30. The molecule has 3 N–H and O–H groups in total. The molecule has 0 aromatic carbocycles. The summed E-state index contributed by atoms with van der Waals surface area (Å²) in [6.07, 6.45) is 0. The predicted molar refractivity (Wildman–Crippen MR) is 69.3 cm³/mol. The minimum Gasteiger partial charge on any atom is -0.479 e. The van der Waals surface area contributed by atoms with Gasteiger partial charge < -0.3 is 20.5 Å². The van der Waals surface area contributed by atoms with Crippen molar-refractivity contribution in [3.05, 3.63) is 24.3 Å². The monoisotopic (exact) mass is 237 g/mol. The van der Waals surface area contributed by atoms with Crippen LogP contribution in [0.15, 0.2) is 24.3 Å². The highest BCUT2D eigenvalue weighted by Crippen LogP contribution is 2.19. The molecular weight excluding hydrogens is 218 g/mol. The van der Waals surface area contributed by atoms with Gasteiger partial charge in [-0.3, -0.25) is 0 Å². The molecule has 5 heteroatoms. The molecule has 1 aromatic heterocycles. The molecule has 0 aliphatic carbocycles. The molecular formula is C12H19N3O2. The molecule has 0 bridgehead atoms. The van der Waals surface area contributed by atoms with Crippen molar-refractivity contribution >= 4 is 11.5 Å². The Morgan fingerprint density at radius 3 is 2.94 bits per heavy atom. The number of nitrogens with zero attached hydrogens (tertiary/aromatic N) is 1. The van der Waals surface area contributed by atoms with Crippen LogP contribution in [0.5, 0.6) is 5.88 Å². The van der Waals surface area contributed by atoms with Gasteiger partial charge in [-0.1, -0.05) is 12.2 Å². The van der Waals surface area contributed by atoms with E-state index in [-0.39, 0.29) is 0 Å². The van der Waals surface area contributed by atoms with Gasteiger partial charge in [0, 0.05) is 6.54 Å². The van der Waals surface area contributed by atoms with E-state index in [0.29, 0.717) is 31.3 Å². The molecule has 0 radical (unpaired) electrons. The summed E-state index contributed by atoms with van der Waals surface area (Å²) in [4.78, 5) is 4.19. The van der Waals surface area contributed by atoms with Crippen LogP contribution in [-0.2, 0) is 4.74 Å². The number of aromatic nitrogens is 1. The summed E-state index contributed by atoms with van der Waals surface area (Å²) in [5.74, 6) is 1.15. The lowest BCUT2D eigenvalue weighted by atomic mass is 10.4. The van der Waals surface area contributed by atoms with Crippen molar-refractivity contribution in [2.45, 2.75) is 6.92 Å². The number of hydrogen-bond donors (Lipinski definition) is 2. The van der Waals surface area contributed by atoms with E-state index in [2.05, 4.69) is 16.9 Å². The van der Waals surface area contributed by atoms with E-state index in [1.807, 2.05) is 6.92 Å². The zero-order valence-corrected chi connectivity index (χ0v) is 10.3. The van der Waals surface area contributed by atoms with Gasteiger partial charge in [0.25, 0.3) is 0 Å². The zero-order chi connectivity index (χ0) is 12.7. The smallest absolute Gasteiger partial charge is 0.238 e. The first kappa shape index (κ1) is 13.3. The lowest BCUT2D eigenvalue weighted by Gasteiger charge is -2.09. The van der Waals surface area contributed by atoms with Gasteiger partial charge in [0.2, 0.25) is 5.88 Å². The molecule has 1 heterocycles. The van der Waals surface area contributed by atoms with Gasteiger partial charge in [-0.2, -0.15) is 4.98 Å². The number of methoxy groups -OCH3 is 1. The normalized spacial score (nSPS) is 10.0. The second-order valence-electron chi connectivity index (χ2n) is 3.73. The van der Waals surface area contributed by atoms with Gasteiger partial charge >= 0.3 is 0 Å². The molecule has 0 aliphatic heterocycles. The van der Waals surface area contributed by atoms with Crippen molar-refractivity contribution in [1.82, 2.24) is 4.98 Å². The minimum atomic E-state index is 0.429. The Bertz CT molecular complexity index is 380. The lowest BCUT2D eigenvalue weighted by molar-refractivity contribution is 0.167. The van der Waals surface area contributed by atoms with E-state index in [4.69, 9.17) is 15.2 Å². The highest BCUT2D eigenvalue weighted by Gasteiger charge is 2.01. The Morgan fingerprint density at radius 1 is 1.53 bits per heavy atom. The molecule has 0 amide bonds. The fraction of sp³-hybridized carbons (Fsp3) is 0.417. The summed E-state index contributed by atoms with van der Waals surface area (Å²) in [5.41, 5.74) is 7.20. The molecule has 1 rings (SSSR count). The Balaban J connectivity index is 2.34. The molecule has 1 aromatic rings. The largest absolute Gasteiger partial charge is 0.479 e. The van der Waals surface area contributed by atoms with Crippen LogP contribution in [0.4, 0.5) is 11.5 Å². The number of pyridine rings is 1. The molecule has 94 valence electrons. The molecule has 5 nitrogen and oxygen atoms in total. The van der Waals surface area contributed by atoms with Crippen LogP contribution in [-0.4, -0.2) is 31.9 Å². The third-order valence-electron chi connectivity index (χ3n) is 1.98. The standard InChI is InChI=1S/C12H19N3O2/c1-9(2)8-17-7-6-14-11-5-4-10(13)12(15-11)16-3/h4-5H,1,6-8,13H2,2-3H3,(H,14,15). The van der Waals surface area contributed by atoms with Gasteiger partial charge in [0.05, 0.1) is 26.0 Å². The van der Waals surface area contributed by atoms with E-state index in [1.54, 1.807) is 19.2 Å². The predicted octanol–water partition coefficient (Wildman–Crippen LogP) is 1.68. The molecule has 0 saturated carbocycles. The molecule has 0 saturated heterocycles. The maximum Gasteiger partial charge on any atom is 0.238 e. The van der Waals surface area contributed by atoms with Gasteiger partial charge in [-0.15, -0.1) is 0 Å². The maximum absolute atomic E-state index is 5.66. The quantitative estimate of drug-likeness (QED) is 0.557. The van der Waals surface area contributed by atoms with Gasteiger partial charge in [0.1, 0.15) is 5.82 Å². The second-order valence-corrected chi connectivity index (χ2v) is 3.73. The minimum absolute atomic E-state index is 0.429. The summed E-state index contributed by atoms with van der Waals surface area (Å²) < 4.78 is 10.4. The highest BCUT2D eigenvalue weighted by atomic mass is 16.5. The zero-order valence-electron chi connectivity index (χ0n) is 10.3. The first-order chi connectivity index (χ1) is 8.13. The first-order valence-corrected chi connectivity index (χ1v) is 5.40. The maximum atomic E-state index is 5.66. The highest BCUT2D eigenvalue weighted by molar-refractivity contribution is 5.53. The number of hydrogen-bond acceptors (Lipinski definition) is 5. The molecule has 0 atom stereocenters. The summed E-state index contributed by atoms with van der Waals surface area (Å²) in [7, 11) is 1.54. The topological polar surface area (TPSA) is 69.4 Å². The van der Waals surface area contributed by atoms with E-state index in [1.165, 1.54) is 0 Å². The third kappa shape index (κ3) is 4.74. The van der Waals surface area contributed by atoms with Crippen LogP contribution in [0.1, 0.15) is 6.92 Å². The third-order valence-corrected chi connectivity index (χ3v) is 1.98. The van der Waals surface area contributed by atoms with E-state index in [9.17, 15) is 0 Å². The van der Waals surface area contributed by atoms with Crippen molar-refractivity contribution in [3.8, 4) is 5.88 Å². The second kappa shape index (κ2) is 6.75. The summed E-state index contributed by atoms with van der Waals surface area (Å²) >= 11 is 0. The fourth-order valence-corrected chi connectivity index (χ4v) is 1.21. The van der Waals surface area contributed by atoms with Gasteiger partial charge in [0.15, 0.2) is 0 Å². The van der Waals surface area contributed by atoms with Crippen molar-refractivity contribution in [2.75, 3.05) is 37.9 Å². The number of rotatable bonds is 7. The Kier molecular flexibility index (Phi) is 5.29. The Hall–Kier alpha value is -1.75. The lowest BCUT2D eigenvalue weighted by Crippen LogP contribution is -2.11. The van der Waals surface area contributed by atoms with Gasteiger partial charge in [-0.25, -0.2) is 0 Å². The van der Waals surface area contributed by atoms with Crippen molar-refractivity contribution in [1.29, 1.82) is 0 Å². The Labute approximate surface area is 102 Å².